The van der Waals surface area contributed by atoms with Gasteiger partial charge in [-0.1, -0.05) is 24.3 Å². The zero-order valence-electron chi connectivity index (χ0n) is 18.3. The fraction of sp³-hybridized carbons (Fsp3) is 0.292. The molecular formula is C24H26N8O. The van der Waals surface area contributed by atoms with Crippen molar-refractivity contribution in [2.45, 2.75) is 25.7 Å². The molecule has 5 rings (SSSR count). The maximum Gasteiger partial charge on any atom is 0.323 e. The molecule has 1 fully saturated rings. The van der Waals surface area contributed by atoms with Gasteiger partial charge in [0.05, 0.1) is 12.8 Å². The molecule has 0 spiro atoms. The Labute approximate surface area is 192 Å². The first-order valence-electron chi connectivity index (χ1n) is 11.2. The number of fused-ring (bicyclic) bond motifs is 1. The lowest BCUT2D eigenvalue weighted by Gasteiger charge is -2.26. The number of pyridine rings is 1. The van der Waals surface area contributed by atoms with Crippen LogP contribution in [0, 0.1) is 0 Å². The van der Waals surface area contributed by atoms with Crippen LogP contribution in [0.1, 0.15) is 30.5 Å². The van der Waals surface area contributed by atoms with E-state index in [0.717, 1.165) is 48.1 Å². The van der Waals surface area contributed by atoms with Crippen molar-refractivity contribution in [3.05, 3.63) is 66.1 Å². The average molecular weight is 443 g/mol. The highest BCUT2D eigenvalue weighted by Crippen LogP contribution is 2.20. The van der Waals surface area contributed by atoms with Crippen molar-refractivity contribution in [3.63, 3.8) is 0 Å². The van der Waals surface area contributed by atoms with Crippen molar-refractivity contribution < 1.29 is 4.74 Å². The Morgan fingerprint density at radius 3 is 2.79 bits per heavy atom. The fourth-order valence-corrected chi connectivity index (χ4v) is 3.85. The summed E-state index contributed by atoms with van der Waals surface area (Å²) >= 11 is 0. The summed E-state index contributed by atoms with van der Waals surface area (Å²) in [6, 6.07) is 14.2. The van der Waals surface area contributed by atoms with Gasteiger partial charge in [-0.25, -0.2) is 5.43 Å². The number of benzene rings is 1. The van der Waals surface area contributed by atoms with Crippen LogP contribution in [0.3, 0.4) is 0 Å². The summed E-state index contributed by atoms with van der Waals surface area (Å²) in [5.74, 6) is 0.969. The van der Waals surface area contributed by atoms with Gasteiger partial charge in [-0.2, -0.15) is 20.1 Å². The third kappa shape index (κ3) is 5.25. The van der Waals surface area contributed by atoms with Crippen LogP contribution in [0.5, 0.6) is 6.01 Å². The fourth-order valence-electron chi connectivity index (χ4n) is 3.85. The highest BCUT2D eigenvalue weighted by atomic mass is 16.5. The van der Waals surface area contributed by atoms with Crippen molar-refractivity contribution in [3.8, 4) is 6.01 Å². The number of piperidine rings is 1. The maximum absolute atomic E-state index is 5.87. The Kier molecular flexibility index (Phi) is 6.37. The zero-order chi connectivity index (χ0) is 22.3. The van der Waals surface area contributed by atoms with Crippen LogP contribution in [-0.4, -0.2) is 50.8 Å². The van der Waals surface area contributed by atoms with Gasteiger partial charge >= 0.3 is 6.01 Å². The van der Waals surface area contributed by atoms with Crippen molar-refractivity contribution in [1.82, 2.24) is 24.9 Å². The van der Waals surface area contributed by atoms with Crippen molar-refractivity contribution in [2.75, 3.05) is 30.0 Å². The minimum absolute atomic E-state index is 0.284. The summed E-state index contributed by atoms with van der Waals surface area (Å²) in [5.41, 5.74) is 5.96. The number of rotatable bonds is 8. The van der Waals surface area contributed by atoms with Gasteiger partial charge in [0.15, 0.2) is 0 Å². The van der Waals surface area contributed by atoms with Gasteiger partial charge in [0.2, 0.25) is 5.95 Å². The smallest absolute Gasteiger partial charge is 0.323 e. The highest BCUT2D eigenvalue weighted by molar-refractivity contribution is 5.99. The molecule has 4 heterocycles. The molecule has 4 aromatic rings. The summed E-state index contributed by atoms with van der Waals surface area (Å²) in [5, 5.41) is 5.46. The van der Waals surface area contributed by atoms with Gasteiger partial charge in [-0.15, -0.1) is 0 Å². The zero-order valence-corrected chi connectivity index (χ0v) is 18.3. The lowest BCUT2D eigenvalue weighted by Crippen LogP contribution is -2.31. The molecule has 1 aliphatic heterocycles. The standard InChI is InChI=1S/C24H26N8O/c1-6-13-32(14-7-1)23-28-22(29-24(30-23)33-15-11-19-8-4-5-12-25-19)31-27-17-18-16-26-21-10-3-2-9-20(18)21/h2-5,8-10,12,16-17,26H,1,6-7,11,13-15H2,(H,28,29,30,31)/b27-17+. The molecule has 0 aliphatic carbocycles. The third-order valence-corrected chi connectivity index (χ3v) is 5.55. The number of nitrogens with zero attached hydrogens (tertiary/aromatic N) is 6. The van der Waals surface area contributed by atoms with E-state index < -0.39 is 0 Å². The monoisotopic (exact) mass is 442 g/mol. The van der Waals surface area contributed by atoms with Crippen LogP contribution in [0.15, 0.2) is 60.0 Å². The molecule has 0 bridgehead atoms. The molecule has 3 aromatic heterocycles. The van der Waals surface area contributed by atoms with Gasteiger partial charge < -0.3 is 14.6 Å². The number of aromatic amines is 1. The molecule has 9 nitrogen and oxygen atoms in total. The summed E-state index contributed by atoms with van der Waals surface area (Å²) in [6.45, 7) is 2.28. The van der Waals surface area contributed by atoms with E-state index in [4.69, 9.17) is 4.74 Å². The number of H-pyrrole nitrogens is 1. The van der Waals surface area contributed by atoms with Crippen LogP contribution in [0.4, 0.5) is 11.9 Å². The molecule has 168 valence electrons. The number of hydrogen-bond acceptors (Lipinski definition) is 8. The number of para-hydroxylation sites is 1. The maximum atomic E-state index is 5.87. The summed E-state index contributed by atoms with van der Waals surface area (Å²) in [4.78, 5) is 23.3. The topological polar surface area (TPSA) is 104 Å². The normalized spacial score (nSPS) is 14.1. The second kappa shape index (κ2) is 10.1. The lowest BCUT2D eigenvalue weighted by atomic mass is 10.1. The number of hydrazone groups is 1. The van der Waals surface area contributed by atoms with Gasteiger partial charge in [0.25, 0.3) is 5.95 Å². The molecule has 0 unspecified atom stereocenters. The minimum atomic E-state index is 0.284. The Hall–Kier alpha value is -4.01. The van der Waals surface area contributed by atoms with E-state index in [0.29, 0.717) is 24.9 Å². The molecule has 9 heteroatoms. The molecule has 33 heavy (non-hydrogen) atoms. The number of aromatic nitrogens is 5. The minimum Gasteiger partial charge on any atom is -0.463 e. The first-order valence-corrected chi connectivity index (χ1v) is 11.2. The van der Waals surface area contributed by atoms with Crippen molar-refractivity contribution in [1.29, 1.82) is 0 Å². The Bertz CT molecular complexity index is 1220. The second-order valence-electron chi connectivity index (χ2n) is 7.87. The van der Waals surface area contributed by atoms with Gasteiger partial charge in [-0.05, 0) is 37.5 Å². The van der Waals surface area contributed by atoms with Crippen molar-refractivity contribution >= 4 is 29.0 Å². The van der Waals surface area contributed by atoms with E-state index >= 15 is 0 Å². The SMILES string of the molecule is C(=N\Nc1nc(OCCc2ccccn2)nc(N2CCCCC2)n1)/c1c[nH]c2ccccc12. The van der Waals surface area contributed by atoms with Crippen LogP contribution >= 0.6 is 0 Å². The Morgan fingerprint density at radius 1 is 1.03 bits per heavy atom. The largest absolute Gasteiger partial charge is 0.463 e. The molecule has 0 atom stereocenters. The van der Waals surface area contributed by atoms with E-state index in [1.54, 1.807) is 12.4 Å². The Morgan fingerprint density at radius 2 is 1.91 bits per heavy atom. The predicted molar refractivity (Wildman–Crippen MR) is 129 cm³/mol. The highest BCUT2D eigenvalue weighted by Gasteiger charge is 2.17. The molecular weight excluding hydrogens is 416 g/mol. The van der Waals surface area contributed by atoms with E-state index in [9.17, 15) is 0 Å². The van der Waals surface area contributed by atoms with E-state index in [1.807, 2.05) is 42.6 Å². The summed E-state index contributed by atoms with van der Waals surface area (Å²) in [7, 11) is 0. The van der Waals surface area contributed by atoms with E-state index in [2.05, 4.69) is 46.4 Å². The van der Waals surface area contributed by atoms with Crippen LogP contribution in [0.2, 0.25) is 0 Å². The molecule has 0 saturated carbocycles. The first kappa shape index (κ1) is 20.9. The molecule has 1 saturated heterocycles. The molecule has 0 radical (unpaired) electrons. The number of anilines is 2. The molecule has 0 amide bonds. The van der Waals surface area contributed by atoms with Gasteiger partial charge in [-0.3, -0.25) is 4.98 Å². The van der Waals surface area contributed by atoms with Crippen LogP contribution in [0.25, 0.3) is 10.9 Å². The van der Waals surface area contributed by atoms with E-state index in [1.165, 1.54) is 6.42 Å². The Balaban J connectivity index is 1.31. The molecule has 2 N–H and O–H groups in total. The lowest BCUT2D eigenvalue weighted by molar-refractivity contribution is 0.294. The number of nitrogens with one attached hydrogen (secondary N) is 2. The van der Waals surface area contributed by atoms with Crippen LogP contribution < -0.4 is 15.1 Å². The first-order chi connectivity index (χ1) is 16.3. The third-order valence-electron chi connectivity index (χ3n) is 5.55. The van der Waals surface area contributed by atoms with E-state index in [-0.39, 0.29) is 6.01 Å². The predicted octanol–water partition coefficient (Wildman–Crippen LogP) is 3.81. The second-order valence-corrected chi connectivity index (χ2v) is 7.87. The quantitative estimate of drug-likeness (QED) is 0.316. The number of hydrogen-bond donors (Lipinski definition) is 2. The molecule has 1 aromatic carbocycles. The number of ether oxygens (including phenoxy) is 1. The van der Waals surface area contributed by atoms with Crippen molar-refractivity contribution in [2.24, 2.45) is 5.10 Å². The van der Waals surface area contributed by atoms with Gasteiger partial charge in [0.1, 0.15) is 0 Å². The summed E-state index contributed by atoms with van der Waals surface area (Å²) < 4.78 is 5.87. The van der Waals surface area contributed by atoms with Crippen LogP contribution in [-0.2, 0) is 6.42 Å². The average Bonchev–Trinajstić information content (AvgIpc) is 3.28. The van der Waals surface area contributed by atoms with Gasteiger partial charge in [0, 0.05) is 54.1 Å². The summed E-state index contributed by atoms with van der Waals surface area (Å²) in [6.07, 6.45) is 9.62. The molecule has 1 aliphatic rings.